The van der Waals surface area contributed by atoms with E-state index in [4.69, 9.17) is 11.6 Å². The predicted octanol–water partition coefficient (Wildman–Crippen LogP) is 3.96. The molecule has 1 aliphatic rings. The van der Waals surface area contributed by atoms with Gasteiger partial charge in [0.2, 0.25) is 0 Å². The zero-order valence-electron chi connectivity index (χ0n) is 17.9. The first-order chi connectivity index (χ1) is 14.1. The Morgan fingerprint density at radius 1 is 0.933 bits per heavy atom. The van der Waals surface area contributed by atoms with Gasteiger partial charge in [0.1, 0.15) is 0 Å². The van der Waals surface area contributed by atoms with Crippen LogP contribution in [-0.2, 0) is 19.6 Å². The van der Waals surface area contributed by atoms with E-state index < -0.39 is 0 Å². The highest BCUT2D eigenvalue weighted by atomic mass is 127. The van der Waals surface area contributed by atoms with Crippen LogP contribution < -0.4 is 10.6 Å². The molecular formula is C23H33ClIN5. The van der Waals surface area contributed by atoms with Gasteiger partial charge in [-0.15, -0.1) is 24.0 Å². The SMILES string of the molecule is CN=C(NCc1ccc(CN2CCCN(C)CC2)cc1)NCc1cccc(Cl)c1.I. The molecule has 2 aromatic rings. The molecule has 1 fully saturated rings. The highest BCUT2D eigenvalue weighted by Crippen LogP contribution is 2.11. The molecule has 1 saturated heterocycles. The lowest BCUT2D eigenvalue weighted by Crippen LogP contribution is -2.36. The summed E-state index contributed by atoms with van der Waals surface area (Å²) in [6.07, 6.45) is 1.25. The van der Waals surface area contributed by atoms with Crippen LogP contribution >= 0.6 is 35.6 Å². The van der Waals surface area contributed by atoms with E-state index in [0.717, 1.165) is 42.7 Å². The van der Waals surface area contributed by atoms with E-state index in [0.29, 0.717) is 6.54 Å². The van der Waals surface area contributed by atoms with Gasteiger partial charge in [-0.25, -0.2) is 0 Å². The van der Waals surface area contributed by atoms with Gasteiger partial charge in [0.25, 0.3) is 0 Å². The first kappa shape index (κ1) is 24.9. The topological polar surface area (TPSA) is 42.9 Å². The lowest BCUT2D eigenvalue weighted by Gasteiger charge is -2.20. The van der Waals surface area contributed by atoms with Crippen molar-refractivity contribution >= 4 is 41.5 Å². The monoisotopic (exact) mass is 541 g/mol. The summed E-state index contributed by atoms with van der Waals surface area (Å²) >= 11 is 6.05. The second-order valence-electron chi connectivity index (χ2n) is 7.66. The summed E-state index contributed by atoms with van der Waals surface area (Å²) in [7, 11) is 4.00. The Balaban J connectivity index is 0.00000320. The van der Waals surface area contributed by atoms with E-state index >= 15 is 0 Å². The number of halogens is 2. The minimum absolute atomic E-state index is 0. The minimum Gasteiger partial charge on any atom is -0.352 e. The molecule has 0 atom stereocenters. The fourth-order valence-electron chi connectivity index (χ4n) is 3.52. The van der Waals surface area contributed by atoms with Crippen LogP contribution in [0.25, 0.3) is 0 Å². The van der Waals surface area contributed by atoms with Gasteiger partial charge in [-0.05, 0) is 55.4 Å². The maximum Gasteiger partial charge on any atom is 0.191 e. The third-order valence-electron chi connectivity index (χ3n) is 5.27. The molecule has 7 heteroatoms. The van der Waals surface area contributed by atoms with Crippen molar-refractivity contribution in [2.45, 2.75) is 26.1 Å². The van der Waals surface area contributed by atoms with Crippen molar-refractivity contribution in [3.05, 3.63) is 70.2 Å². The van der Waals surface area contributed by atoms with Gasteiger partial charge in [0.15, 0.2) is 5.96 Å². The van der Waals surface area contributed by atoms with Crippen LogP contribution in [0.2, 0.25) is 5.02 Å². The van der Waals surface area contributed by atoms with Crippen molar-refractivity contribution in [1.29, 1.82) is 0 Å². The molecule has 1 heterocycles. The van der Waals surface area contributed by atoms with Gasteiger partial charge in [0, 0.05) is 44.8 Å². The summed E-state index contributed by atoms with van der Waals surface area (Å²) in [6.45, 7) is 7.15. The molecule has 5 nitrogen and oxygen atoms in total. The quantitative estimate of drug-likeness (QED) is 0.330. The van der Waals surface area contributed by atoms with Crippen LogP contribution in [-0.4, -0.2) is 56.0 Å². The number of hydrogen-bond donors (Lipinski definition) is 2. The number of hydrogen-bond acceptors (Lipinski definition) is 3. The number of aliphatic imine (C=N–C) groups is 1. The molecule has 0 bridgehead atoms. The standard InChI is InChI=1S/C23H32ClN5.HI/c1-25-23(27-17-21-5-3-6-22(24)15-21)26-16-19-7-9-20(10-8-19)18-29-12-4-11-28(2)13-14-29;/h3,5-10,15H,4,11-14,16-18H2,1-2H3,(H2,25,26,27);1H. The Hall–Kier alpha value is -1.35. The Labute approximate surface area is 202 Å². The summed E-state index contributed by atoms with van der Waals surface area (Å²) in [5.41, 5.74) is 3.75. The molecule has 2 N–H and O–H groups in total. The van der Waals surface area contributed by atoms with Crippen molar-refractivity contribution in [1.82, 2.24) is 20.4 Å². The van der Waals surface area contributed by atoms with Crippen molar-refractivity contribution in [3.8, 4) is 0 Å². The molecule has 2 aromatic carbocycles. The lowest BCUT2D eigenvalue weighted by molar-refractivity contribution is 0.269. The summed E-state index contributed by atoms with van der Waals surface area (Å²) < 4.78 is 0. The van der Waals surface area contributed by atoms with Crippen LogP contribution in [0.4, 0.5) is 0 Å². The van der Waals surface area contributed by atoms with Crippen LogP contribution in [0.1, 0.15) is 23.1 Å². The van der Waals surface area contributed by atoms with Crippen molar-refractivity contribution in [2.75, 3.05) is 40.3 Å². The van der Waals surface area contributed by atoms with Crippen LogP contribution in [0.5, 0.6) is 0 Å². The molecule has 0 radical (unpaired) electrons. The summed E-state index contributed by atoms with van der Waals surface area (Å²) in [5.74, 6) is 0.780. The first-order valence-electron chi connectivity index (χ1n) is 10.3. The molecule has 30 heavy (non-hydrogen) atoms. The zero-order valence-corrected chi connectivity index (χ0v) is 21.0. The van der Waals surface area contributed by atoms with Crippen LogP contribution in [0.15, 0.2) is 53.5 Å². The second-order valence-corrected chi connectivity index (χ2v) is 8.10. The second kappa shape index (κ2) is 13.1. The summed E-state index contributed by atoms with van der Waals surface area (Å²) in [5, 5.41) is 7.45. The largest absolute Gasteiger partial charge is 0.352 e. The van der Waals surface area contributed by atoms with Crippen LogP contribution in [0, 0.1) is 0 Å². The molecule has 0 spiro atoms. The highest BCUT2D eigenvalue weighted by molar-refractivity contribution is 14.0. The Morgan fingerprint density at radius 3 is 2.33 bits per heavy atom. The Morgan fingerprint density at radius 2 is 1.63 bits per heavy atom. The van der Waals surface area contributed by atoms with Gasteiger partial charge >= 0.3 is 0 Å². The minimum atomic E-state index is 0. The molecule has 1 aliphatic heterocycles. The van der Waals surface area contributed by atoms with Crippen molar-refractivity contribution in [3.63, 3.8) is 0 Å². The van der Waals surface area contributed by atoms with Crippen molar-refractivity contribution < 1.29 is 0 Å². The van der Waals surface area contributed by atoms with E-state index in [1.807, 2.05) is 24.3 Å². The van der Waals surface area contributed by atoms with Crippen molar-refractivity contribution in [2.24, 2.45) is 4.99 Å². The third kappa shape index (κ3) is 8.41. The molecule has 0 unspecified atom stereocenters. The van der Waals surface area contributed by atoms with E-state index in [9.17, 15) is 0 Å². The molecule has 0 aromatic heterocycles. The molecular weight excluding hydrogens is 509 g/mol. The third-order valence-corrected chi connectivity index (χ3v) is 5.51. The van der Waals surface area contributed by atoms with Gasteiger partial charge in [-0.3, -0.25) is 9.89 Å². The maximum absolute atomic E-state index is 6.05. The van der Waals surface area contributed by atoms with E-state index in [1.54, 1.807) is 7.05 Å². The maximum atomic E-state index is 6.05. The number of guanidine groups is 1. The lowest BCUT2D eigenvalue weighted by atomic mass is 10.1. The number of benzene rings is 2. The number of likely N-dealkylation sites (N-methyl/N-ethyl adjacent to an activating group) is 1. The Bertz CT molecular complexity index is 796. The number of nitrogens with zero attached hydrogens (tertiary/aromatic N) is 3. The van der Waals surface area contributed by atoms with E-state index in [2.05, 4.69) is 56.7 Å². The zero-order chi connectivity index (χ0) is 20.5. The molecule has 0 saturated carbocycles. The summed E-state index contributed by atoms with van der Waals surface area (Å²) in [6, 6.07) is 16.7. The Kier molecular flexibility index (Phi) is 10.9. The fourth-order valence-corrected chi connectivity index (χ4v) is 3.73. The molecule has 3 rings (SSSR count). The normalized spacial score (nSPS) is 15.9. The summed E-state index contributed by atoms with van der Waals surface area (Å²) in [4.78, 5) is 9.27. The average Bonchev–Trinajstić information content (AvgIpc) is 2.93. The smallest absolute Gasteiger partial charge is 0.191 e. The molecule has 164 valence electrons. The average molecular weight is 542 g/mol. The van der Waals surface area contributed by atoms with Crippen LogP contribution in [0.3, 0.4) is 0 Å². The van der Waals surface area contributed by atoms with Gasteiger partial charge in [-0.1, -0.05) is 48.0 Å². The number of rotatable bonds is 6. The van der Waals surface area contributed by atoms with Gasteiger partial charge in [-0.2, -0.15) is 0 Å². The molecule has 0 aliphatic carbocycles. The first-order valence-corrected chi connectivity index (χ1v) is 10.7. The molecule has 0 amide bonds. The van der Waals surface area contributed by atoms with Gasteiger partial charge < -0.3 is 15.5 Å². The highest BCUT2D eigenvalue weighted by Gasteiger charge is 2.12. The van der Waals surface area contributed by atoms with E-state index in [1.165, 1.54) is 30.6 Å². The number of nitrogens with one attached hydrogen (secondary N) is 2. The predicted molar refractivity (Wildman–Crippen MR) is 138 cm³/mol. The van der Waals surface area contributed by atoms with E-state index in [-0.39, 0.29) is 24.0 Å². The fraction of sp³-hybridized carbons (Fsp3) is 0.435. The van der Waals surface area contributed by atoms with Gasteiger partial charge in [0.05, 0.1) is 0 Å².